The van der Waals surface area contributed by atoms with Crippen LogP contribution in [0.25, 0.3) is 0 Å². The Balaban J connectivity index is 2.20. The maximum absolute atomic E-state index is 11.4. The van der Waals surface area contributed by atoms with Crippen LogP contribution < -0.4 is 0 Å². The predicted octanol–water partition coefficient (Wildman–Crippen LogP) is 1.83. The first-order valence-corrected chi connectivity index (χ1v) is 7.98. The number of thiophene rings is 1. The number of aliphatic hydroxyl groups is 1. The van der Waals surface area contributed by atoms with Gasteiger partial charge in [0.15, 0.2) is 9.84 Å². The number of aryl methyl sites for hydroxylation is 2. The average molecular weight is 260 g/mol. The third-order valence-corrected chi connectivity index (χ3v) is 5.89. The van der Waals surface area contributed by atoms with Gasteiger partial charge in [-0.15, -0.1) is 11.3 Å². The van der Waals surface area contributed by atoms with Gasteiger partial charge in [-0.1, -0.05) is 0 Å². The molecule has 0 aromatic carbocycles. The number of rotatable bonds is 2. The standard InChI is InChI=1S/C11H16O3S2/c1-7-5-10(8(2)15-7)11(12)9-3-4-16(13,14)6-9/h5,9,11-12H,3-4,6H2,1-2H3. The minimum atomic E-state index is -2.91. The van der Waals surface area contributed by atoms with Crippen molar-refractivity contribution in [2.24, 2.45) is 5.92 Å². The number of hydrogen-bond acceptors (Lipinski definition) is 4. The van der Waals surface area contributed by atoms with Crippen LogP contribution in [0.15, 0.2) is 6.07 Å². The maximum Gasteiger partial charge on any atom is 0.150 e. The normalized spacial score (nSPS) is 25.8. The molecular formula is C11H16O3S2. The van der Waals surface area contributed by atoms with Gasteiger partial charge in [0.1, 0.15) is 0 Å². The Morgan fingerprint density at radius 3 is 2.62 bits per heavy atom. The topological polar surface area (TPSA) is 54.4 Å². The summed E-state index contributed by atoms with van der Waals surface area (Å²) in [6.07, 6.45) is -0.0418. The van der Waals surface area contributed by atoms with Crippen molar-refractivity contribution >= 4 is 21.2 Å². The van der Waals surface area contributed by atoms with E-state index in [0.717, 1.165) is 15.3 Å². The Morgan fingerprint density at radius 2 is 2.19 bits per heavy atom. The molecule has 3 nitrogen and oxygen atoms in total. The molecule has 1 N–H and O–H groups in total. The van der Waals surface area contributed by atoms with Crippen LogP contribution in [0.4, 0.5) is 0 Å². The molecule has 1 saturated heterocycles. The molecule has 0 amide bonds. The molecule has 2 unspecified atom stereocenters. The lowest BCUT2D eigenvalue weighted by Gasteiger charge is -2.16. The van der Waals surface area contributed by atoms with Gasteiger partial charge in [-0.2, -0.15) is 0 Å². The summed E-state index contributed by atoms with van der Waals surface area (Å²) in [5, 5.41) is 10.2. The van der Waals surface area contributed by atoms with Gasteiger partial charge in [-0.25, -0.2) is 8.42 Å². The third kappa shape index (κ3) is 2.31. The highest BCUT2D eigenvalue weighted by Gasteiger charge is 2.34. The lowest BCUT2D eigenvalue weighted by Crippen LogP contribution is -2.14. The molecule has 0 spiro atoms. The first kappa shape index (κ1) is 12.1. The number of sulfone groups is 1. The summed E-state index contributed by atoms with van der Waals surface area (Å²) in [6.45, 7) is 3.97. The molecule has 1 aliphatic rings. The lowest BCUT2D eigenvalue weighted by atomic mass is 9.96. The molecule has 5 heteroatoms. The summed E-state index contributed by atoms with van der Waals surface area (Å²) in [7, 11) is -2.91. The number of hydrogen-bond donors (Lipinski definition) is 1. The fourth-order valence-electron chi connectivity index (χ4n) is 2.27. The molecule has 2 heterocycles. The van der Waals surface area contributed by atoms with E-state index in [0.29, 0.717) is 6.42 Å². The van der Waals surface area contributed by atoms with Gasteiger partial charge in [0, 0.05) is 15.7 Å². The van der Waals surface area contributed by atoms with Crippen LogP contribution in [0.1, 0.15) is 27.8 Å². The molecule has 0 bridgehead atoms. The minimum absolute atomic E-state index is 0.127. The Labute approximate surface area is 100 Å². The molecule has 0 radical (unpaired) electrons. The van der Waals surface area contributed by atoms with Crippen LogP contribution in [0, 0.1) is 19.8 Å². The second-order valence-corrected chi connectivity index (χ2v) is 8.17. The third-order valence-electron chi connectivity index (χ3n) is 3.11. The first-order valence-electron chi connectivity index (χ1n) is 5.34. The molecule has 0 aliphatic carbocycles. The SMILES string of the molecule is Cc1cc(C(O)C2CCS(=O)(=O)C2)c(C)s1. The maximum atomic E-state index is 11.4. The highest BCUT2D eigenvalue weighted by Crippen LogP contribution is 2.35. The van der Waals surface area contributed by atoms with Crippen LogP contribution in [-0.2, 0) is 9.84 Å². The zero-order chi connectivity index (χ0) is 11.9. The molecule has 90 valence electrons. The van der Waals surface area contributed by atoms with Crippen molar-refractivity contribution in [1.29, 1.82) is 0 Å². The summed E-state index contributed by atoms with van der Waals surface area (Å²) in [4.78, 5) is 2.25. The smallest absolute Gasteiger partial charge is 0.150 e. The van der Waals surface area contributed by atoms with Crippen LogP contribution in [-0.4, -0.2) is 25.0 Å². The fourth-order valence-corrected chi connectivity index (χ4v) is 5.07. The van der Waals surface area contributed by atoms with Crippen molar-refractivity contribution in [2.75, 3.05) is 11.5 Å². The molecule has 0 saturated carbocycles. The summed E-state index contributed by atoms with van der Waals surface area (Å²) >= 11 is 1.65. The van der Waals surface area contributed by atoms with Gasteiger partial charge in [0.05, 0.1) is 17.6 Å². The second kappa shape index (κ2) is 4.13. The van der Waals surface area contributed by atoms with E-state index in [1.165, 1.54) is 0 Å². The van der Waals surface area contributed by atoms with Gasteiger partial charge >= 0.3 is 0 Å². The summed E-state index contributed by atoms with van der Waals surface area (Å²) in [5.74, 6) is 0.219. The quantitative estimate of drug-likeness (QED) is 0.882. The van der Waals surface area contributed by atoms with Crippen molar-refractivity contribution in [3.8, 4) is 0 Å². The Kier molecular flexibility index (Phi) is 3.11. The van der Waals surface area contributed by atoms with E-state index in [-0.39, 0.29) is 17.4 Å². The van der Waals surface area contributed by atoms with Crippen molar-refractivity contribution < 1.29 is 13.5 Å². The molecule has 2 rings (SSSR count). The monoisotopic (exact) mass is 260 g/mol. The lowest BCUT2D eigenvalue weighted by molar-refractivity contribution is 0.121. The van der Waals surface area contributed by atoms with E-state index in [2.05, 4.69) is 0 Å². The van der Waals surface area contributed by atoms with Crippen LogP contribution in [0.3, 0.4) is 0 Å². The average Bonchev–Trinajstić information content (AvgIpc) is 2.68. The van der Waals surface area contributed by atoms with Crippen LogP contribution in [0.5, 0.6) is 0 Å². The van der Waals surface area contributed by atoms with E-state index < -0.39 is 15.9 Å². The van der Waals surface area contributed by atoms with Gasteiger partial charge in [-0.05, 0) is 31.9 Å². The Hall–Kier alpha value is -0.390. The zero-order valence-corrected chi connectivity index (χ0v) is 11.1. The van der Waals surface area contributed by atoms with Crippen LogP contribution >= 0.6 is 11.3 Å². The van der Waals surface area contributed by atoms with Gasteiger partial charge < -0.3 is 5.11 Å². The summed E-state index contributed by atoms with van der Waals surface area (Å²) in [5.41, 5.74) is 0.907. The van der Waals surface area contributed by atoms with Gasteiger partial charge in [0.25, 0.3) is 0 Å². The van der Waals surface area contributed by atoms with E-state index in [9.17, 15) is 13.5 Å². The Morgan fingerprint density at radius 1 is 1.50 bits per heavy atom. The van der Waals surface area contributed by atoms with Crippen LogP contribution in [0.2, 0.25) is 0 Å². The highest BCUT2D eigenvalue weighted by molar-refractivity contribution is 7.91. The highest BCUT2D eigenvalue weighted by atomic mass is 32.2. The minimum Gasteiger partial charge on any atom is -0.388 e. The van der Waals surface area contributed by atoms with Crippen molar-refractivity contribution in [2.45, 2.75) is 26.4 Å². The van der Waals surface area contributed by atoms with E-state index in [4.69, 9.17) is 0 Å². The van der Waals surface area contributed by atoms with Crippen molar-refractivity contribution in [3.05, 3.63) is 21.4 Å². The second-order valence-electron chi connectivity index (χ2n) is 4.48. The first-order chi connectivity index (χ1) is 7.39. The van der Waals surface area contributed by atoms with E-state index >= 15 is 0 Å². The van der Waals surface area contributed by atoms with Gasteiger partial charge in [-0.3, -0.25) is 0 Å². The molecule has 2 atom stereocenters. The fraction of sp³-hybridized carbons (Fsp3) is 0.636. The van der Waals surface area contributed by atoms with Crippen molar-refractivity contribution in [1.82, 2.24) is 0 Å². The molecule has 16 heavy (non-hydrogen) atoms. The van der Waals surface area contributed by atoms with Gasteiger partial charge in [0.2, 0.25) is 0 Å². The molecule has 1 aromatic heterocycles. The predicted molar refractivity (Wildman–Crippen MR) is 65.5 cm³/mol. The number of aliphatic hydroxyl groups excluding tert-OH is 1. The molecular weight excluding hydrogens is 244 g/mol. The largest absolute Gasteiger partial charge is 0.388 e. The van der Waals surface area contributed by atoms with E-state index in [1.54, 1.807) is 11.3 Å². The molecule has 1 aromatic rings. The van der Waals surface area contributed by atoms with Crippen molar-refractivity contribution in [3.63, 3.8) is 0 Å². The summed E-state index contributed by atoms with van der Waals surface area (Å²) in [6, 6.07) is 1.97. The summed E-state index contributed by atoms with van der Waals surface area (Å²) < 4.78 is 22.7. The van der Waals surface area contributed by atoms with E-state index in [1.807, 2.05) is 19.9 Å². The Bertz CT molecular complexity index is 487. The zero-order valence-electron chi connectivity index (χ0n) is 9.43. The molecule has 1 aliphatic heterocycles. The molecule has 1 fully saturated rings.